The summed E-state index contributed by atoms with van der Waals surface area (Å²) in [6, 6.07) is 14.2. The Balaban J connectivity index is 1.73. The lowest BCUT2D eigenvalue weighted by atomic mass is 9.89. The normalized spacial score (nSPS) is 13.2. The van der Waals surface area contributed by atoms with Crippen LogP contribution in [-0.2, 0) is 11.0 Å². The van der Waals surface area contributed by atoms with Crippen molar-refractivity contribution in [3.8, 4) is 11.4 Å². The van der Waals surface area contributed by atoms with E-state index < -0.39 is 12.1 Å². The van der Waals surface area contributed by atoms with Crippen LogP contribution in [0.25, 0.3) is 11.4 Å². The van der Waals surface area contributed by atoms with Crippen molar-refractivity contribution in [3.05, 3.63) is 65.5 Å². The molecule has 2 unspecified atom stereocenters. The highest BCUT2D eigenvalue weighted by Gasteiger charge is 2.38. The maximum atomic E-state index is 13.2. The molecule has 0 fully saturated rings. The third kappa shape index (κ3) is 7.77. The lowest BCUT2D eigenvalue weighted by Gasteiger charge is -2.34. The summed E-state index contributed by atoms with van der Waals surface area (Å²) in [5.41, 5.74) is 2.64. The van der Waals surface area contributed by atoms with Gasteiger partial charge in [-0.2, -0.15) is 18.2 Å². The number of benzene rings is 2. The molecular formula is C30H36F3N3O3. The molecule has 0 aliphatic heterocycles. The molecule has 2 atom stereocenters. The first-order valence-electron chi connectivity index (χ1n) is 13.5. The second-order valence-corrected chi connectivity index (χ2v) is 9.83. The molecule has 9 heteroatoms. The van der Waals surface area contributed by atoms with E-state index in [0.717, 1.165) is 43.4 Å². The second-order valence-electron chi connectivity index (χ2n) is 9.83. The predicted octanol–water partition coefficient (Wildman–Crippen LogP) is 8.05. The number of amides is 1. The molecule has 39 heavy (non-hydrogen) atoms. The quantitative estimate of drug-likeness (QED) is 0.204. The van der Waals surface area contributed by atoms with Crippen molar-refractivity contribution in [3.63, 3.8) is 0 Å². The summed E-state index contributed by atoms with van der Waals surface area (Å²) in [4.78, 5) is 31.6. The van der Waals surface area contributed by atoms with E-state index in [1.807, 2.05) is 49.9 Å². The first-order chi connectivity index (χ1) is 18.6. The topological polar surface area (TPSA) is 76.3 Å². The number of alkyl halides is 3. The number of ketones is 1. The molecule has 1 aromatic heterocycles. The number of aromatic nitrogens is 2. The van der Waals surface area contributed by atoms with Gasteiger partial charge in [-0.15, -0.1) is 0 Å². The first-order valence-corrected chi connectivity index (χ1v) is 13.5. The van der Waals surface area contributed by atoms with Gasteiger partial charge in [-0.05, 0) is 49.8 Å². The van der Waals surface area contributed by atoms with Crippen molar-refractivity contribution in [2.75, 3.05) is 4.90 Å². The van der Waals surface area contributed by atoms with Gasteiger partial charge in [-0.1, -0.05) is 75.2 Å². The molecule has 0 saturated heterocycles. The van der Waals surface area contributed by atoms with Gasteiger partial charge in [0.05, 0.1) is 0 Å². The summed E-state index contributed by atoms with van der Waals surface area (Å²) in [5, 5.41) is 3.42. The van der Waals surface area contributed by atoms with Gasteiger partial charge < -0.3 is 9.42 Å². The number of para-hydroxylation sites is 1. The van der Waals surface area contributed by atoms with Crippen molar-refractivity contribution in [2.24, 2.45) is 5.92 Å². The highest BCUT2D eigenvalue weighted by Crippen LogP contribution is 2.31. The molecule has 0 bridgehead atoms. The van der Waals surface area contributed by atoms with Crippen LogP contribution in [0.2, 0.25) is 0 Å². The van der Waals surface area contributed by atoms with Crippen LogP contribution >= 0.6 is 0 Å². The Bertz CT molecular complexity index is 1260. The Morgan fingerprint density at radius 2 is 1.74 bits per heavy atom. The number of halogens is 3. The van der Waals surface area contributed by atoms with E-state index >= 15 is 0 Å². The monoisotopic (exact) mass is 543 g/mol. The van der Waals surface area contributed by atoms with Crippen LogP contribution < -0.4 is 4.90 Å². The number of carbonyl (C=O) groups excluding carboxylic acids is 2. The number of anilines is 1. The van der Waals surface area contributed by atoms with Gasteiger partial charge in [0, 0.05) is 35.7 Å². The standard InChI is InChI=1S/C30H36F3N3O3/c1-5-11-24(36(27(38)7-3)25-15-9-8-12-20(25)4)17-16-21(6-2)18-26(37)22-13-10-14-23(19-22)28-34-29(39-35-28)30(31,32)33/h8-10,12-15,19,21,24H,5-7,11,16-18H2,1-4H3. The summed E-state index contributed by atoms with van der Waals surface area (Å²) < 4.78 is 42.9. The molecule has 210 valence electrons. The second kappa shape index (κ2) is 13.5. The summed E-state index contributed by atoms with van der Waals surface area (Å²) in [6.45, 7) is 8.03. The lowest BCUT2D eigenvalue weighted by Crippen LogP contribution is -2.41. The predicted molar refractivity (Wildman–Crippen MR) is 144 cm³/mol. The molecule has 0 aliphatic rings. The summed E-state index contributed by atoms with van der Waals surface area (Å²) in [5.74, 6) is -1.57. The maximum absolute atomic E-state index is 13.2. The average molecular weight is 544 g/mol. The fourth-order valence-electron chi connectivity index (χ4n) is 4.82. The van der Waals surface area contributed by atoms with E-state index in [9.17, 15) is 22.8 Å². The molecular weight excluding hydrogens is 507 g/mol. The van der Waals surface area contributed by atoms with E-state index in [4.69, 9.17) is 0 Å². The number of hydrogen-bond donors (Lipinski definition) is 0. The Labute approximate surface area is 227 Å². The Morgan fingerprint density at radius 3 is 2.36 bits per heavy atom. The molecule has 0 radical (unpaired) electrons. The SMILES string of the molecule is CCCC(CCC(CC)CC(=O)c1cccc(-c2noc(C(F)(F)F)n2)c1)N(C(=O)CC)c1ccccc1C. The summed E-state index contributed by atoms with van der Waals surface area (Å²) in [7, 11) is 0. The number of rotatable bonds is 13. The van der Waals surface area contributed by atoms with Crippen LogP contribution in [0, 0.1) is 12.8 Å². The summed E-state index contributed by atoms with van der Waals surface area (Å²) >= 11 is 0. The minimum Gasteiger partial charge on any atom is -0.329 e. The zero-order valence-corrected chi connectivity index (χ0v) is 22.9. The fraction of sp³-hybridized carbons (Fsp3) is 0.467. The lowest BCUT2D eigenvalue weighted by molar-refractivity contribution is -0.159. The van der Waals surface area contributed by atoms with E-state index in [1.54, 1.807) is 18.2 Å². The van der Waals surface area contributed by atoms with E-state index in [0.29, 0.717) is 18.4 Å². The Morgan fingerprint density at radius 1 is 1.00 bits per heavy atom. The van der Waals surface area contributed by atoms with Crippen LogP contribution in [0.15, 0.2) is 53.1 Å². The van der Waals surface area contributed by atoms with Crippen LogP contribution in [0.1, 0.15) is 87.5 Å². The van der Waals surface area contributed by atoms with Gasteiger partial charge in [0.1, 0.15) is 0 Å². The molecule has 3 aromatic rings. The van der Waals surface area contributed by atoms with Crippen LogP contribution in [0.4, 0.5) is 18.9 Å². The van der Waals surface area contributed by atoms with Gasteiger partial charge in [0.25, 0.3) is 0 Å². The van der Waals surface area contributed by atoms with Crippen molar-refractivity contribution >= 4 is 17.4 Å². The minimum atomic E-state index is -4.74. The molecule has 0 saturated carbocycles. The van der Waals surface area contributed by atoms with Crippen molar-refractivity contribution in [1.82, 2.24) is 10.1 Å². The van der Waals surface area contributed by atoms with E-state index in [-0.39, 0.29) is 35.0 Å². The van der Waals surface area contributed by atoms with Crippen molar-refractivity contribution in [2.45, 2.75) is 84.9 Å². The van der Waals surface area contributed by atoms with E-state index in [2.05, 4.69) is 21.6 Å². The number of aryl methyl sites for hydroxylation is 1. The molecule has 3 rings (SSSR count). The molecule has 0 aliphatic carbocycles. The highest BCUT2D eigenvalue weighted by atomic mass is 19.4. The zero-order chi connectivity index (χ0) is 28.6. The fourth-order valence-corrected chi connectivity index (χ4v) is 4.82. The van der Waals surface area contributed by atoms with Gasteiger partial charge in [0.2, 0.25) is 11.7 Å². The molecule has 1 heterocycles. The molecule has 0 spiro atoms. The molecule has 6 nitrogen and oxygen atoms in total. The third-order valence-electron chi connectivity index (χ3n) is 7.00. The zero-order valence-electron chi connectivity index (χ0n) is 22.9. The highest BCUT2D eigenvalue weighted by molar-refractivity contribution is 5.97. The van der Waals surface area contributed by atoms with Crippen molar-refractivity contribution in [1.29, 1.82) is 0 Å². The maximum Gasteiger partial charge on any atom is 0.471 e. The largest absolute Gasteiger partial charge is 0.471 e. The Kier molecular flexibility index (Phi) is 10.4. The van der Waals surface area contributed by atoms with E-state index in [1.165, 1.54) is 6.07 Å². The third-order valence-corrected chi connectivity index (χ3v) is 7.00. The van der Waals surface area contributed by atoms with Gasteiger partial charge in [-0.3, -0.25) is 9.59 Å². The molecule has 0 N–H and O–H groups in total. The van der Waals surface area contributed by atoms with Gasteiger partial charge >= 0.3 is 12.1 Å². The minimum absolute atomic E-state index is 0.0251. The molecule has 2 aromatic carbocycles. The number of hydrogen-bond acceptors (Lipinski definition) is 5. The number of nitrogens with zero attached hydrogens (tertiary/aromatic N) is 3. The summed E-state index contributed by atoms with van der Waals surface area (Å²) in [6.07, 6.45) is 0.0794. The first kappa shape index (κ1) is 30.1. The van der Waals surface area contributed by atoms with Crippen LogP contribution in [0.3, 0.4) is 0 Å². The smallest absolute Gasteiger partial charge is 0.329 e. The van der Waals surface area contributed by atoms with Crippen molar-refractivity contribution < 1.29 is 27.3 Å². The van der Waals surface area contributed by atoms with Gasteiger partial charge in [-0.25, -0.2) is 0 Å². The Hall–Kier alpha value is -3.49. The average Bonchev–Trinajstić information content (AvgIpc) is 3.43. The number of carbonyl (C=O) groups is 2. The van der Waals surface area contributed by atoms with Gasteiger partial charge in [0.15, 0.2) is 5.78 Å². The molecule has 1 amide bonds. The van der Waals surface area contributed by atoms with Crippen LogP contribution in [-0.4, -0.2) is 27.9 Å². The van der Waals surface area contributed by atoms with Crippen LogP contribution in [0.5, 0.6) is 0 Å². The number of Topliss-reactive ketones (excluding diaryl/α,β-unsaturated/α-hetero) is 1.